The van der Waals surface area contributed by atoms with Gasteiger partial charge in [0, 0.05) is 6.54 Å². The number of carbonyl (C=O) groups is 1. The second-order valence-electron chi connectivity index (χ2n) is 9.33. The molecule has 170 valence electrons. The predicted molar refractivity (Wildman–Crippen MR) is 131 cm³/mol. The summed E-state index contributed by atoms with van der Waals surface area (Å²) in [6, 6.07) is 28.6. The molecule has 1 aliphatic carbocycles. The summed E-state index contributed by atoms with van der Waals surface area (Å²) in [6.07, 6.45) is 4.25. The van der Waals surface area contributed by atoms with Crippen LogP contribution in [0.4, 0.5) is 0 Å². The summed E-state index contributed by atoms with van der Waals surface area (Å²) in [5.41, 5.74) is 2.92. The van der Waals surface area contributed by atoms with Crippen molar-refractivity contribution in [1.82, 2.24) is 10.2 Å². The lowest BCUT2D eigenvalue weighted by Crippen LogP contribution is -2.41. The van der Waals surface area contributed by atoms with E-state index < -0.39 is 5.41 Å². The van der Waals surface area contributed by atoms with E-state index in [1.54, 1.807) is 0 Å². The fourth-order valence-electron chi connectivity index (χ4n) is 4.84. The second-order valence-corrected chi connectivity index (χ2v) is 9.33. The molecule has 1 saturated heterocycles. The number of rotatable bonds is 9. The maximum Gasteiger partial charge on any atom is 0.231 e. The number of nitrogens with zero attached hydrogens (tertiary/aromatic N) is 1. The molecule has 3 aromatic carbocycles. The molecular weight excluding hydrogens is 408 g/mol. The second kappa shape index (κ2) is 9.80. The number of ether oxygens (including phenoxy) is 1. The van der Waals surface area contributed by atoms with Gasteiger partial charge in [-0.1, -0.05) is 72.8 Å². The number of hydrogen-bond donors (Lipinski definition) is 1. The predicted octanol–water partition coefficient (Wildman–Crippen LogP) is 5.25. The van der Waals surface area contributed by atoms with Crippen molar-refractivity contribution in [2.24, 2.45) is 0 Å². The highest BCUT2D eigenvalue weighted by molar-refractivity contribution is 5.91. The molecule has 1 N–H and O–H groups in total. The van der Waals surface area contributed by atoms with Crippen LogP contribution in [0, 0.1) is 0 Å². The van der Waals surface area contributed by atoms with Gasteiger partial charge in [0.25, 0.3) is 0 Å². The topological polar surface area (TPSA) is 41.6 Å². The molecule has 2 aliphatic rings. The Morgan fingerprint density at radius 1 is 0.909 bits per heavy atom. The molecule has 2 fully saturated rings. The van der Waals surface area contributed by atoms with Gasteiger partial charge in [-0.15, -0.1) is 0 Å². The molecule has 0 radical (unpaired) electrons. The molecule has 0 spiro atoms. The van der Waals surface area contributed by atoms with Crippen molar-refractivity contribution in [2.75, 3.05) is 19.6 Å². The van der Waals surface area contributed by atoms with E-state index in [0.29, 0.717) is 6.61 Å². The Kier molecular flexibility index (Phi) is 6.45. The number of amides is 1. The molecule has 1 heterocycles. The first-order valence-corrected chi connectivity index (χ1v) is 12.1. The van der Waals surface area contributed by atoms with Crippen LogP contribution >= 0.6 is 0 Å². The van der Waals surface area contributed by atoms with Gasteiger partial charge >= 0.3 is 0 Å². The lowest BCUT2D eigenvalue weighted by atomic mass is 9.93. The molecule has 0 aromatic heterocycles. The monoisotopic (exact) mass is 440 g/mol. The van der Waals surface area contributed by atoms with E-state index >= 15 is 0 Å². The molecule has 33 heavy (non-hydrogen) atoms. The Labute approximate surface area is 196 Å². The minimum atomic E-state index is -0.440. The van der Waals surface area contributed by atoms with Crippen LogP contribution in [0.3, 0.4) is 0 Å². The number of carbonyl (C=O) groups excluding carboxylic acids is 1. The Morgan fingerprint density at radius 2 is 1.61 bits per heavy atom. The first-order chi connectivity index (χ1) is 16.2. The summed E-state index contributed by atoms with van der Waals surface area (Å²) >= 11 is 0. The van der Waals surface area contributed by atoms with Crippen molar-refractivity contribution in [3.63, 3.8) is 0 Å². The van der Waals surface area contributed by atoms with Gasteiger partial charge in [-0.05, 0) is 67.6 Å². The SMILES string of the molecule is O=C(N[C@H](CN1CCCC1)c1ccccc1)C1(c2cccc(OCc3ccccc3)c2)CC1. The summed E-state index contributed by atoms with van der Waals surface area (Å²) < 4.78 is 6.04. The normalized spacial score (nSPS) is 17.9. The van der Waals surface area contributed by atoms with Crippen LogP contribution in [0.25, 0.3) is 0 Å². The summed E-state index contributed by atoms with van der Waals surface area (Å²) in [6.45, 7) is 3.62. The van der Waals surface area contributed by atoms with Crippen molar-refractivity contribution in [3.8, 4) is 5.75 Å². The molecule has 3 aromatic rings. The van der Waals surface area contributed by atoms with Crippen molar-refractivity contribution in [1.29, 1.82) is 0 Å². The summed E-state index contributed by atoms with van der Waals surface area (Å²) in [5.74, 6) is 0.947. The van der Waals surface area contributed by atoms with E-state index in [0.717, 1.165) is 49.4 Å². The molecule has 1 saturated carbocycles. The number of likely N-dealkylation sites (tertiary alicyclic amines) is 1. The third-order valence-electron chi connectivity index (χ3n) is 6.97. The molecule has 5 rings (SSSR count). The standard InChI is InChI=1S/C29H32N2O2/c32-28(30-27(21-31-18-7-8-19-31)24-12-5-2-6-13-24)29(16-17-29)25-14-9-15-26(20-25)33-22-23-10-3-1-4-11-23/h1-6,9-15,20,27H,7-8,16-19,21-22H2,(H,30,32)/t27-/m1/s1. The van der Waals surface area contributed by atoms with Crippen molar-refractivity contribution in [3.05, 3.63) is 102 Å². The minimum absolute atomic E-state index is 0.00629. The summed E-state index contributed by atoms with van der Waals surface area (Å²) in [5, 5.41) is 3.42. The molecule has 1 amide bonds. The van der Waals surface area contributed by atoms with E-state index in [1.807, 2.05) is 42.5 Å². The van der Waals surface area contributed by atoms with Crippen LogP contribution in [0.5, 0.6) is 5.75 Å². The number of benzene rings is 3. The van der Waals surface area contributed by atoms with Gasteiger partial charge < -0.3 is 15.0 Å². The van der Waals surface area contributed by atoms with Crippen molar-refractivity contribution >= 4 is 5.91 Å². The van der Waals surface area contributed by atoms with E-state index in [1.165, 1.54) is 18.4 Å². The average Bonchev–Trinajstić information content (AvgIpc) is 3.53. The van der Waals surface area contributed by atoms with Gasteiger partial charge in [-0.2, -0.15) is 0 Å². The molecule has 0 bridgehead atoms. The Morgan fingerprint density at radius 3 is 2.30 bits per heavy atom. The number of hydrogen-bond acceptors (Lipinski definition) is 3. The molecule has 1 atom stereocenters. The Bertz CT molecular complexity index is 1060. The van der Waals surface area contributed by atoms with Gasteiger partial charge in [0.2, 0.25) is 5.91 Å². The first-order valence-electron chi connectivity index (χ1n) is 12.1. The highest BCUT2D eigenvalue weighted by Crippen LogP contribution is 2.49. The zero-order valence-corrected chi connectivity index (χ0v) is 19.1. The van der Waals surface area contributed by atoms with E-state index in [-0.39, 0.29) is 11.9 Å². The van der Waals surface area contributed by atoms with Crippen molar-refractivity contribution in [2.45, 2.75) is 43.7 Å². The smallest absolute Gasteiger partial charge is 0.231 e. The lowest BCUT2D eigenvalue weighted by Gasteiger charge is -2.27. The molecule has 0 unspecified atom stereocenters. The molecular formula is C29H32N2O2. The van der Waals surface area contributed by atoms with Crippen LogP contribution in [0.15, 0.2) is 84.9 Å². The lowest BCUT2D eigenvalue weighted by molar-refractivity contribution is -0.124. The maximum absolute atomic E-state index is 13.6. The fourth-order valence-corrected chi connectivity index (χ4v) is 4.84. The third-order valence-corrected chi connectivity index (χ3v) is 6.97. The minimum Gasteiger partial charge on any atom is -0.489 e. The van der Waals surface area contributed by atoms with E-state index in [9.17, 15) is 4.79 Å². The van der Waals surface area contributed by atoms with Gasteiger partial charge in [0.1, 0.15) is 12.4 Å². The van der Waals surface area contributed by atoms with E-state index in [4.69, 9.17) is 4.74 Å². The largest absolute Gasteiger partial charge is 0.489 e. The zero-order chi connectivity index (χ0) is 22.5. The van der Waals surface area contributed by atoms with Gasteiger partial charge in [-0.3, -0.25) is 4.79 Å². The van der Waals surface area contributed by atoms with Crippen LogP contribution in [-0.2, 0) is 16.8 Å². The fraction of sp³-hybridized carbons (Fsp3) is 0.345. The average molecular weight is 441 g/mol. The van der Waals surface area contributed by atoms with Gasteiger partial charge in [0.15, 0.2) is 0 Å². The summed E-state index contributed by atoms with van der Waals surface area (Å²) in [4.78, 5) is 16.1. The van der Waals surface area contributed by atoms with Gasteiger partial charge in [-0.25, -0.2) is 0 Å². The van der Waals surface area contributed by atoms with Crippen LogP contribution in [0.2, 0.25) is 0 Å². The quantitative estimate of drug-likeness (QED) is 0.494. The van der Waals surface area contributed by atoms with Crippen LogP contribution < -0.4 is 10.1 Å². The Hall–Kier alpha value is -3.11. The van der Waals surface area contributed by atoms with Crippen LogP contribution in [0.1, 0.15) is 48.4 Å². The molecule has 4 heteroatoms. The highest BCUT2D eigenvalue weighted by Gasteiger charge is 2.51. The Balaban J connectivity index is 1.30. The van der Waals surface area contributed by atoms with Gasteiger partial charge in [0.05, 0.1) is 11.5 Å². The zero-order valence-electron chi connectivity index (χ0n) is 19.1. The molecule has 4 nitrogen and oxygen atoms in total. The molecule has 1 aliphatic heterocycles. The van der Waals surface area contributed by atoms with E-state index in [2.05, 4.69) is 52.7 Å². The highest BCUT2D eigenvalue weighted by atomic mass is 16.5. The van der Waals surface area contributed by atoms with Crippen molar-refractivity contribution < 1.29 is 9.53 Å². The third kappa shape index (κ3) is 5.12. The summed E-state index contributed by atoms with van der Waals surface area (Å²) in [7, 11) is 0. The first kappa shape index (κ1) is 21.7. The van der Waals surface area contributed by atoms with Crippen LogP contribution in [-0.4, -0.2) is 30.4 Å². The maximum atomic E-state index is 13.6. The number of nitrogens with one attached hydrogen (secondary N) is 1.